The number of carbonyl (C=O) groups is 1. The van der Waals surface area contributed by atoms with Crippen LogP contribution in [0.5, 0.6) is 0 Å². The van der Waals surface area contributed by atoms with E-state index in [1.807, 2.05) is 30.5 Å². The lowest BCUT2D eigenvalue weighted by atomic mass is 10.2. The van der Waals surface area contributed by atoms with Crippen molar-refractivity contribution in [1.29, 1.82) is 0 Å². The average molecular weight is 425 g/mol. The minimum Gasteiger partial charge on any atom is -0.342 e. The van der Waals surface area contributed by atoms with Crippen molar-refractivity contribution in [1.82, 2.24) is 30.3 Å². The van der Waals surface area contributed by atoms with Crippen molar-refractivity contribution < 1.29 is 4.79 Å². The van der Waals surface area contributed by atoms with Crippen molar-refractivity contribution in [3.05, 3.63) is 75.6 Å². The highest BCUT2D eigenvalue weighted by Gasteiger charge is 2.20. The summed E-state index contributed by atoms with van der Waals surface area (Å²) in [5, 5.41) is 14.9. The maximum Gasteiger partial charge on any atom is 0.274 e. The third kappa shape index (κ3) is 4.18. The van der Waals surface area contributed by atoms with E-state index in [1.165, 1.54) is 16.1 Å². The zero-order valence-corrected chi connectivity index (χ0v) is 17.3. The Bertz CT molecular complexity index is 1160. The van der Waals surface area contributed by atoms with Gasteiger partial charge in [-0.25, -0.2) is 4.98 Å². The van der Waals surface area contributed by atoms with Crippen molar-refractivity contribution in [2.45, 2.75) is 19.9 Å². The fourth-order valence-electron chi connectivity index (χ4n) is 2.76. The lowest BCUT2D eigenvalue weighted by Gasteiger charge is -2.10. The van der Waals surface area contributed by atoms with Gasteiger partial charge < -0.3 is 5.32 Å². The molecule has 7 nitrogen and oxygen atoms in total. The van der Waals surface area contributed by atoms with Crippen LogP contribution in [0.1, 0.15) is 34.2 Å². The largest absolute Gasteiger partial charge is 0.342 e. The Labute approximate surface area is 176 Å². The van der Waals surface area contributed by atoms with Gasteiger partial charge in [-0.3, -0.25) is 9.78 Å². The molecule has 0 fully saturated rings. The summed E-state index contributed by atoms with van der Waals surface area (Å²) in [4.78, 5) is 22.9. The Balaban J connectivity index is 1.50. The van der Waals surface area contributed by atoms with Gasteiger partial charge in [-0.1, -0.05) is 17.7 Å². The standard InChI is InChI=1S/C20H17ClN6OS/c1-12-18(26-27(25-12)16-7-3-6-15(21)9-16)19(28)23-13(2)20-24-17(11-29-20)14-5-4-8-22-10-14/h3-11,13H,1-2H3,(H,23,28). The monoisotopic (exact) mass is 424 g/mol. The molecule has 0 bridgehead atoms. The number of pyridine rings is 1. The predicted octanol–water partition coefficient (Wildman–Crippen LogP) is 4.24. The van der Waals surface area contributed by atoms with Crippen molar-refractivity contribution in [2.75, 3.05) is 0 Å². The first kappa shape index (κ1) is 19.2. The van der Waals surface area contributed by atoms with E-state index in [1.54, 1.807) is 37.5 Å². The number of amides is 1. The number of nitrogens with one attached hydrogen (secondary N) is 1. The SMILES string of the molecule is Cc1nn(-c2cccc(Cl)c2)nc1C(=O)NC(C)c1nc(-c2cccnc2)cs1. The maximum atomic E-state index is 12.8. The second-order valence-electron chi connectivity index (χ2n) is 6.41. The highest BCUT2D eigenvalue weighted by atomic mass is 35.5. The molecule has 0 aliphatic carbocycles. The second kappa shape index (κ2) is 8.10. The molecule has 0 radical (unpaired) electrons. The maximum absolute atomic E-state index is 12.8. The van der Waals surface area contributed by atoms with Crippen LogP contribution >= 0.6 is 22.9 Å². The van der Waals surface area contributed by atoms with E-state index >= 15 is 0 Å². The molecule has 0 saturated carbocycles. The van der Waals surface area contributed by atoms with E-state index < -0.39 is 0 Å². The van der Waals surface area contributed by atoms with Crippen molar-refractivity contribution in [3.8, 4) is 16.9 Å². The fraction of sp³-hybridized carbons (Fsp3) is 0.150. The molecule has 0 spiro atoms. The molecule has 29 heavy (non-hydrogen) atoms. The Kier molecular flexibility index (Phi) is 5.37. The van der Waals surface area contributed by atoms with E-state index in [0.717, 1.165) is 16.3 Å². The highest BCUT2D eigenvalue weighted by Crippen LogP contribution is 2.25. The lowest BCUT2D eigenvalue weighted by molar-refractivity contribution is 0.0933. The molecular formula is C20H17ClN6OS. The molecule has 4 rings (SSSR count). The highest BCUT2D eigenvalue weighted by molar-refractivity contribution is 7.10. The number of nitrogens with zero attached hydrogens (tertiary/aromatic N) is 5. The first-order valence-corrected chi connectivity index (χ1v) is 10.1. The van der Waals surface area contributed by atoms with Gasteiger partial charge in [0.05, 0.1) is 23.1 Å². The lowest BCUT2D eigenvalue weighted by Crippen LogP contribution is -2.27. The Hall–Kier alpha value is -3.10. The Morgan fingerprint density at radius 2 is 2.10 bits per heavy atom. The number of thiazole rings is 1. The van der Waals surface area contributed by atoms with Gasteiger partial charge in [0.25, 0.3) is 5.91 Å². The molecule has 4 aromatic rings. The molecule has 1 N–H and O–H groups in total. The minimum atomic E-state index is -0.304. The third-order valence-electron chi connectivity index (χ3n) is 4.23. The van der Waals surface area contributed by atoms with Crippen LogP contribution in [0.2, 0.25) is 5.02 Å². The summed E-state index contributed by atoms with van der Waals surface area (Å²) >= 11 is 7.52. The molecule has 0 aliphatic heterocycles. The molecular weight excluding hydrogens is 408 g/mol. The molecule has 1 amide bonds. The van der Waals surface area contributed by atoms with Crippen molar-refractivity contribution in [3.63, 3.8) is 0 Å². The first-order valence-electron chi connectivity index (χ1n) is 8.88. The average Bonchev–Trinajstić information content (AvgIpc) is 3.36. The summed E-state index contributed by atoms with van der Waals surface area (Å²) in [6.07, 6.45) is 3.48. The van der Waals surface area contributed by atoms with Gasteiger partial charge in [0.1, 0.15) is 5.01 Å². The number of aromatic nitrogens is 5. The summed E-state index contributed by atoms with van der Waals surface area (Å²) in [6, 6.07) is 10.7. The van der Waals surface area contributed by atoms with Gasteiger partial charge in [-0.05, 0) is 44.2 Å². The molecule has 3 heterocycles. The van der Waals surface area contributed by atoms with Crippen LogP contribution < -0.4 is 5.32 Å². The van der Waals surface area contributed by atoms with Gasteiger partial charge in [-0.15, -0.1) is 16.4 Å². The van der Waals surface area contributed by atoms with Crippen LogP contribution in [0.3, 0.4) is 0 Å². The molecule has 3 aromatic heterocycles. The van der Waals surface area contributed by atoms with E-state index in [0.29, 0.717) is 16.4 Å². The summed E-state index contributed by atoms with van der Waals surface area (Å²) < 4.78 is 0. The normalized spacial score (nSPS) is 12.0. The van der Waals surface area contributed by atoms with E-state index in [9.17, 15) is 4.79 Å². The zero-order valence-electron chi connectivity index (χ0n) is 15.7. The minimum absolute atomic E-state index is 0.265. The van der Waals surface area contributed by atoms with Crippen LogP contribution in [0.15, 0.2) is 54.2 Å². The fourth-order valence-corrected chi connectivity index (χ4v) is 3.78. The van der Waals surface area contributed by atoms with Crippen LogP contribution in [-0.4, -0.2) is 30.9 Å². The van der Waals surface area contributed by atoms with Gasteiger partial charge in [-0.2, -0.15) is 9.90 Å². The second-order valence-corrected chi connectivity index (χ2v) is 7.74. The topological polar surface area (TPSA) is 85.6 Å². The molecule has 9 heteroatoms. The van der Waals surface area contributed by atoms with Crippen LogP contribution in [-0.2, 0) is 0 Å². The van der Waals surface area contributed by atoms with E-state index in [2.05, 4.69) is 25.5 Å². The predicted molar refractivity (Wildman–Crippen MR) is 112 cm³/mol. The molecule has 146 valence electrons. The number of hydrogen-bond acceptors (Lipinski definition) is 6. The first-order chi connectivity index (χ1) is 14.0. The molecule has 1 atom stereocenters. The number of rotatable bonds is 5. The number of hydrogen-bond donors (Lipinski definition) is 1. The summed E-state index contributed by atoms with van der Waals surface area (Å²) in [5.74, 6) is -0.304. The molecule has 0 aliphatic rings. The Morgan fingerprint density at radius 3 is 2.86 bits per heavy atom. The smallest absolute Gasteiger partial charge is 0.274 e. The molecule has 1 unspecified atom stereocenters. The number of aryl methyl sites for hydroxylation is 1. The van der Waals surface area contributed by atoms with E-state index in [-0.39, 0.29) is 17.6 Å². The van der Waals surface area contributed by atoms with Gasteiger partial charge in [0, 0.05) is 28.4 Å². The van der Waals surface area contributed by atoms with Crippen LogP contribution in [0.4, 0.5) is 0 Å². The molecule has 0 saturated heterocycles. The van der Waals surface area contributed by atoms with Gasteiger partial charge >= 0.3 is 0 Å². The van der Waals surface area contributed by atoms with Crippen molar-refractivity contribution in [2.24, 2.45) is 0 Å². The van der Waals surface area contributed by atoms with Crippen LogP contribution in [0, 0.1) is 6.92 Å². The summed E-state index contributed by atoms with van der Waals surface area (Å²) in [7, 11) is 0. The summed E-state index contributed by atoms with van der Waals surface area (Å²) in [5.41, 5.74) is 3.26. The van der Waals surface area contributed by atoms with Crippen LogP contribution in [0.25, 0.3) is 16.9 Å². The number of benzene rings is 1. The quantitative estimate of drug-likeness (QED) is 0.518. The number of carbonyl (C=O) groups excluding carboxylic acids is 1. The summed E-state index contributed by atoms with van der Waals surface area (Å²) in [6.45, 7) is 3.64. The van der Waals surface area contributed by atoms with E-state index in [4.69, 9.17) is 11.6 Å². The van der Waals surface area contributed by atoms with Crippen molar-refractivity contribution >= 4 is 28.8 Å². The third-order valence-corrected chi connectivity index (χ3v) is 5.50. The Morgan fingerprint density at radius 1 is 1.24 bits per heavy atom. The number of halogens is 1. The molecule has 1 aromatic carbocycles. The van der Waals surface area contributed by atoms with Gasteiger partial charge in [0.2, 0.25) is 0 Å². The zero-order chi connectivity index (χ0) is 20.4. The van der Waals surface area contributed by atoms with Gasteiger partial charge in [0.15, 0.2) is 5.69 Å².